The Balaban J connectivity index is 1.03. The van der Waals surface area contributed by atoms with E-state index in [0.29, 0.717) is 70.3 Å². The lowest BCUT2D eigenvalue weighted by Crippen LogP contribution is -2.57. The van der Waals surface area contributed by atoms with Gasteiger partial charge in [0, 0.05) is 83.1 Å². The third kappa shape index (κ3) is 9.12. The first kappa shape index (κ1) is 36.4. The van der Waals surface area contributed by atoms with Gasteiger partial charge in [-0.3, -0.25) is 19.4 Å². The number of fused-ring (bicyclic) bond motifs is 1. The van der Waals surface area contributed by atoms with Crippen molar-refractivity contribution in [2.24, 2.45) is 0 Å². The zero-order valence-electron chi connectivity index (χ0n) is 29.9. The van der Waals surface area contributed by atoms with Crippen LogP contribution in [0, 0.1) is 6.92 Å². The van der Waals surface area contributed by atoms with Crippen LogP contribution in [0.2, 0.25) is 0 Å². The number of likely N-dealkylation sites (tertiary alicyclic amines) is 2. The fourth-order valence-electron chi connectivity index (χ4n) is 7.88. The number of esters is 1. The average molecular weight is 705 g/mol. The first-order valence-corrected chi connectivity index (χ1v) is 18.5. The van der Waals surface area contributed by atoms with Gasteiger partial charge in [0.25, 0.3) is 5.91 Å². The Hall–Kier alpha value is -4.36. The van der Waals surface area contributed by atoms with Crippen molar-refractivity contribution in [2.45, 2.75) is 70.6 Å². The van der Waals surface area contributed by atoms with E-state index >= 15 is 0 Å². The quantitative estimate of drug-likeness (QED) is 0.377. The van der Waals surface area contributed by atoms with Crippen molar-refractivity contribution >= 4 is 29.7 Å². The Morgan fingerprint density at radius 3 is 2.29 bits per heavy atom. The summed E-state index contributed by atoms with van der Waals surface area (Å²) in [5.41, 5.74) is 3.45. The van der Waals surface area contributed by atoms with Crippen molar-refractivity contribution in [3.63, 3.8) is 0 Å². The van der Waals surface area contributed by atoms with Crippen molar-refractivity contribution in [3.8, 4) is 5.75 Å². The molecule has 2 aromatic rings. The summed E-state index contributed by atoms with van der Waals surface area (Å²) in [5, 5.41) is 13.1. The van der Waals surface area contributed by atoms with Crippen molar-refractivity contribution in [3.05, 3.63) is 59.2 Å². The highest BCUT2D eigenvalue weighted by atomic mass is 16.6. The predicted molar refractivity (Wildman–Crippen MR) is 192 cm³/mol. The van der Waals surface area contributed by atoms with Crippen LogP contribution in [0.5, 0.6) is 5.75 Å². The van der Waals surface area contributed by atoms with E-state index in [-0.39, 0.29) is 36.1 Å². The highest BCUT2D eigenvalue weighted by Gasteiger charge is 2.36. The monoisotopic (exact) mass is 704 g/mol. The number of piperazine rings is 1. The number of carbonyl (C=O) groups excluding carboxylic acids is 4. The molecule has 13 heteroatoms. The number of anilines is 1. The molecule has 276 valence electrons. The molecule has 2 N–H and O–H groups in total. The number of phenols is 1. The Morgan fingerprint density at radius 1 is 0.882 bits per heavy atom. The molecule has 3 fully saturated rings. The molecule has 0 saturated carbocycles. The molecule has 3 saturated heterocycles. The molecule has 1 atom stereocenters. The molecule has 2 aromatic carbocycles. The van der Waals surface area contributed by atoms with Crippen molar-refractivity contribution in [1.82, 2.24) is 24.5 Å². The van der Waals surface area contributed by atoms with Crippen LogP contribution in [0.25, 0.3) is 0 Å². The minimum absolute atomic E-state index is 0.00172. The molecule has 0 bridgehead atoms. The third-order valence-electron chi connectivity index (χ3n) is 10.9. The van der Waals surface area contributed by atoms with Crippen LogP contribution in [-0.4, -0.2) is 144 Å². The fourth-order valence-corrected chi connectivity index (χ4v) is 7.88. The molecule has 0 aliphatic carbocycles. The fraction of sp³-hybridized carbons (Fsp3) is 0.579. The minimum atomic E-state index is -1.01. The predicted octanol–water partition coefficient (Wildman–Crippen LogP) is 3.47. The number of hydrogen-bond donors (Lipinski definition) is 2. The number of urea groups is 1. The number of aromatic hydroxyl groups is 1. The summed E-state index contributed by atoms with van der Waals surface area (Å²) in [5.74, 6) is -0.223. The summed E-state index contributed by atoms with van der Waals surface area (Å²) in [6, 6.07) is 13.3. The molecule has 4 aliphatic heterocycles. The topological polar surface area (TPSA) is 135 Å². The number of nitrogens with one attached hydrogen (secondary N) is 1. The van der Waals surface area contributed by atoms with Crippen molar-refractivity contribution in [2.75, 3.05) is 77.4 Å². The number of ether oxygens (including phenoxy) is 2. The molecular formula is C38H52N6O7. The van der Waals surface area contributed by atoms with Gasteiger partial charge in [-0.05, 0) is 74.8 Å². The van der Waals surface area contributed by atoms with Crippen LogP contribution in [-0.2, 0) is 31.9 Å². The number of rotatable bonds is 9. The summed E-state index contributed by atoms with van der Waals surface area (Å²) >= 11 is 0. The van der Waals surface area contributed by atoms with E-state index in [2.05, 4.69) is 15.1 Å². The molecule has 6 rings (SSSR count). The van der Waals surface area contributed by atoms with Gasteiger partial charge in [0.15, 0.2) is 6.10 Å². The van der Waals surface area contributed by atoms with Gasteiger partial charge in [0.05, 0.1) is 13.2 Å². The zero-order valence-corrected chi connectivity index (χ0v) is 29.9. The van der Waals surface area contributed by atoms with E-state index in [9.17, 15) is 24.3 Å². The Bertz CT molecular complexity index is 1550. The van der Waals surface area contributed by atoms with Gasteiger partial charge in [0.1, 0.15) is 5.75 Å². The van der Waals surface area contributed by atoms with Gasteiger partial charge < -0.3 is 34.6 Å². The van der Waals surface area contributed by atoms with Gasteiger partial charge in [0.2, 0.25) is 0 Å². The molecule has 4 aliphatic rings. The minimum Gasteiger partial charge on any atom is -0.508 e. The summed E-state index contributed by atoms with van der Waals surface area (Å²) in [6.07, 6.45) is 2.60. The molecule has 0 spiro atoms. The number of hydrogen-bond acceptors (Lipinski definition) is 9. The Morgan fingerprint density at radius 2 is 1.59 bits per heavy atom. The lowest BCUT2D eigenvalue weighted by atomic mass is 10.0. The van der Waals surface area contributed by atoms with Crippen LogP contribution < -0.4 is 5.32 Å². The van der Waals surface area contributed by atoms with Gasteiger partial charge in [-0.15, -0.1) is 0 Å². The Labute approximate surface area is 300 Å². The molecule has 0 radical (unpaired) electrons. The first-order valence-electron chi connectivity index (χ1n) is 18.5. The van der Waals surface area contributed by atoms with E-state index < -0.39 is 12.2 Å². The van der Waals surface area contributed by atoms with E-state index in [1.165, 1.54) is 0 Å². The Kier molecular flexibility index (Phi) is 12.0. The van der Waals surface area contributed by atoms with Crippen LogP contribution >= 0.6 is 0 Å². The van der Waals surface area contributed by atoms with Crippen LogP contribution in [0.1, 0.15) is 49.3 Å². The number of amides is 4. The smallest absolute Gasteiger partial charge is 0.410 e. The maximum Gasteiger partial charge on any atom is 0.410 e. The molecule has 4 heterocycles. The lowest BCUT2D eigenvalue weighted by molar-refractivity contribution is -0.144. The molecule has 0 unspecified atom stereocenters. The van der Waals surface area contributed by atoms with E-state index in [1.54, 1.807) is 28.9 Å². The second kappa shape index (κ2) is 16.8. The summed E-state index contributed by atoms with van der Waals surface area (Å²) < 4.78 is 11.1. The van der Waals surface area contributed by atoms with Gasteiger partial charge >= 0.3 is 18.1 Å². The van der Waals surface area contributed by atoms with Crippen LogP contribution in [0.15, 0.2) is 42.5 Å². The van der Waals surface area contributed by atoms with Gasteiger partial charge in [-0.1, -0.05) is 30.3 Å². The number of aryl methyl sites for hydroxylation is 1. The maximum absolute atomic E-state index is 14.0. The van der Waals surface area contributed by atoms with Gasteiger partial charge in [-0.25, -0.2) is 9.59 Å². The number of piperidine rings is 2. The highest BCUT2D eigenvalue weighted by Crippen LogP contribution is 2.26. The molecule has 51 heavy (non-hydrogen) atoms. The first-order chi connectivity index (χ1) is 24.7. The average Bonchev–Trinajstić information content (AvgIpc) is 3.31. The standard InChI is InChI=1S/C38H52N6O7/c1-3-50-35(46)26-40-15-11-30(12-16-40)41-20-22-42(23-21-41)36(47)34(25-28-8-9-33(45)27(2)24-28)51-38(49)43-17-13-31(14-18-43)44-19-10-29-6-4-5-7-32(29)39-37(44)48/h4-9,24,30-31,34,45H,3,10-23,25-26H2,1-2H3,(H,39,48)/t34-/m1/s1. The molecule has 13 nitrogen and oxygen atoms in total. The van der Waals surface area contributed by atoms with E-state index in [1.807, 2.05) is 42.2 Å². The van der Waals surface area contributed by atoms with Gasteiger partial charge in [-0.2, -0.15) is 0 Å². The number of para-hydroxylation sites is 1. The normalized spacial score (nSPS) is 20.3. The maximum atomic E-state index is 14.0. The second-order valence-corrected chi connectivity index (χ2v) is 14.1. The van der Waals surface area contributed by atoms with Crippen molar-refractivity contribution < 1.29 is 33.8 Å². The second-order valence-electron chi connectivity index (χ2n) is 14.1. The molecule has 0 aromatic heterocycles. The largest absolute Gasteiger partial charge is 0.508 e. The lowest BCUT2D eigenvalue weighted by Gasteiger charge is -2.43. The number of phenolic OH excluding ortho intramolecular Hbond substituents is 1. The van der Waals surface area contributed by atoms with Crippen molar-refractivity contribution in [1.29, 1.82) is 0 Å². The summed E-state index contributed by atoms with van der Waals surface area (Å²) in [7, 11) is 0. The van der Waals surface area contributed by atoms with E-state index in [0.717, 1.165) is 62.3 Å². The third-order valence-corrected chi connectivity index (χ3v) is 10.9. The SMILES string of the molecule is CCOC(=O)CN1CCC(N2CCN(C(=O)[C@@H](Cc3ccc(O)c(C)c3)OC(=O)N3CCC(N4CCc5ccccc5NC4=O)CC3)CC2)CC1. The number of nitrogens with zero attached hydrogens (tertiary/aromatic N) is 5. The summed E-state index contributed by atoms with van der Waals surface area (Å²) in [4.78, 5) is 62.6. The zero-order chi connectivity index (χ0) is 35.9. The van der Waals surface area contributed by atoms with E-state index in [4.69, 9.17) is 9.47 Å². The highest BCUT2D eigenvalue weighted by molar-refractivity contribution is 5.91. The van der Waals surface area contributed by atoms with Crippen LogP contribution in [0.4, 0.5) is 15.3 Å². The summed E-state index contributed by atoms with van der Waals surface area (Å²) in [6.45, 7) is 10.0. The molecule has 4 amide bonds. The molecular weight excluding hydrogens is 652 g/mol. The van der Waals surface area contributed by atoms with Crippen LogP contribution in [0.3, 0.4) is 0 Å². The number of benzene rings is 2. The number of carbonyl (C=O) groups is 4.